The van der Waals surface area contributed by atoms with Crippen LogP contribution in [0, 0.1) is 26.7 Å². The van der Waals surface area contributed by atoms with Crippen molar-refractivity contribution in [2.45, 2.75) is 236 Å². The van der Waals surface area contributed by atoms with Gasteiger partial charge in [0.05, 0.1) is 12.2 Å². The molecule has 1 heterocycles. The summed E-state index contributed by atoms with van der Waals surface area (Å²) < 4.78 is 0. The zero-order chi connectivity index (χ0) is 55.7. The molecule has 2 unspecified atom stereocenters. The molecule has 1 saturated carbocycles. The Hall–Kier alpha value is -4.39. The van der Waals surface area contributed by atoms with Crippen LogP contribution >= 0.6 is 0 Å². The maximum absolute atomic E-state index is 6.31. The SMILES string of the molecule is C1=CC2CC2(N2CN(c3ccccc3)C(c3ccccc3)=N2)C=CC1.C=C(C)C=C(C)C.CC.CC.CC.CC.CC.CCC.CCCC.Cc1cc(C)c(ON(CN(C(C)C)C(C)C)C(C)C)c(C)c1. The summed E-state index contributed by atoms with van der Waals surface area (Å²) in [6, 6.07) is 26.7. The fourth-order valence-electron chi connectivity index (χ4n) is 7.24. The summed E-state index contributed by atoms with van der Waals surface area (Å²) in [5, 5.41) is 9.46. The molecule has 6 heteroatoms. The van der Waals surface area contributed by atoms with E-state index in [1.54, 1.807) is 0 Å². The first kappa shape index (κ1) is 73.1. The Bertz CT molecular complexity index is 1800. The summed E-state index contributed by atoms with van der Waals surface area (Å²) in [4.78, 5) is 11.1. The predicted molar refractivity (Wildman–Crippen MR) is 325 cm³/mol. The Morgan fingerprint density at radius 3 is 1.58 bits per heavy atom. The zero-order valence-electron chi connectivity index (χ0n) is 51.4. The molecule has 0 aromatic heterocycles. The summed E-state index contributed by atoms with van der Waals surface area (Å²) in [5.41, 5.74) is 8.53. The fourth-order valence-corrected chi connectivity index (χ4v) is 7.24. The van der Waals surface area contributed by atoms with Gasteiger partial charge in [-0.15, -0.1) is 5.06 Å². The average Bonchev–Trinajstić information content (AvgIpc) is 3.95. The van der Waals surface area contributed by atoms with Gasteiger partial charge in [0, 0.05) is 35.3 Å². The monoisotopic (exact) mass is 982 g/mol. The predicted octanol–water partition coefficient (Wildman–Crippen LogP) is 20.0. The van der Waals surface area contributed by atoms with Gasteiger partial charge in [0.15, 0.2) is 11.6 Å². The largest absolute Gasteiger partial charge is 0.404 e. The molecule has 3 aromatic carbocycles. The standard InChI is InChI=1S/C22H21N3.C19H34N2O.C7H12.C4H10.C3H8.5C2H6/c1-4-10-18(11-5-1)21-23-25(17-24(21)20-13-7-2-8-14-20)22-15-9-3-6-12-19(22)16-22;1-13(2)20(14(3)4)12-21(15(5)6)22-19-17(8)10-16(7)11-18(19)9;1-6(2)5-7(3)4;1-3-4-2;1-3-2;5*1-2/h1-2,4-15,19H,3,16-17H2;10-11,13-15H,12H2,1-9H3;5H,1H2,2-4H3;3-4H2,1-2H3;3H2,1-2H3;5*1-2H3. The molecule has 1 fully saturated rings. The van der Waals surface area contributed by atoms with Crippen LogP contribution in [0.1, 0.15) is 214 Å². The van der Waals surface area contributed by atoms with E-state index in [-0.39, 0.29) is 5.54 Å². The molecule has 6 nitrogen and oxygen atoms in total. The number of hydrazone groups is 1. The number of hydroxylamine groups is 2. The lowest BCUT2D eigenvalue weighted by molar-refractivity contribution is -0.130. The molecule has 71 heavy (non-hydrogen) atoms. The highest BCUT2D eigenvalue weighted by atomic mass is 16.7. The smallest absolute Gasteiger partial charge is 0.162 e. The number of para-hydroxylation sites is 1. The number of rotatable bonds is 12. The minimum absolute atomic E-state index is 0.0660. The van der Waals surface area contributed by atoms with E-state index in [1.807, 2.05) is 76.2 Å². The second kappa shape index (κ2) is 44.3. The third kappa shape index (κ3) is 28.4. The second-order valence-corrected chi connectivity index (χ2v) is 17.9. The summed E-state index contributed by atoms with van der Waals surface area (Å²) >= 11 is 0. The van der Waals surface area contributed by atoms with Gasteiger partial charge in [-0.3, -0.25) is 9.91 Å². The molecular weight excluding hydrogens is 867 g/mol. The van der Waals surface area contributed by atoms with Crippen LogP contribution in [-0.4, -0.2) is 57.8 Å². The summed E-state index contributed by atoms with van der Waals surface area (Å²) in [5.74, 6) is 2.61. The molecule has 0 amide bonds. The molecule has 2 aliphatic carbocycles. The number of aryl methyl sites for hydroxylation is 3. The summed E-state index contributed by atoms with van der Waals surface area (Å²) in [6.07, 6.45) is 17.4. The Kier molecular flexibility index (Phi) is 45.7. The number of benzene rings is 3. The minimum Gasteiger partial charge on any atom is -0.404 e. The van der Waals surface area contributed by atoms with Crippen LogP contribution in [0.2, 0.25) is 0 Å². The first-order valence-corrected chi connectivity index (χ1v) is 28.1. The minimum atomic E-state index is 0.0660. The normalized spacial score (nSPS) is 15.2. The maximum Gasteiger partial charge on any atom is 0.162 e. The fraction of sp³-hybridized carbons (Fsp3) is 0.585. The highest BCUT2D eigenvalue weighted by Crippen LogP contribution is 2.53. The summed E-state index contributed by atoms with van der Waals surface area (Å²) in [7, 11) is 0. The van der Waals surface area contributed by atoms with Crippen LogP contribution in [0.15, 0.2) is 126 Å². The molecule has 1 aliphatic heterocycles. The second-order valence-electron chi connectivity index (χ2n) is 17.9. The van der Waals surface area contributed by atoms with Gasteiger partial charge >= 0.3 is 0 Å². The van der Waals surface area contributed by atoms with Crippen molar-refractivity contribution in [2.24, 2.45) is 11.0 Å². The lowest BCUT2D eigenvalue weighted by Gasteiger charge is -2.37. The molecule has 0 saturated heterocycles. The highest BCUT2D eigenvalue weighted by molar-refractivity contribution is 6.10. The van der Waals surface area contributed by atoms with E-state index in [4.69, 9.17) is 9.94 Å². The van der Waals surface area contributed by atoms with Crippen molar-refractivity contribution in [3.05, 3.63) is 143 Å². The first-order chi connectivity index (χ1) is 34.0. The van der Waals surface area contributed by atoms with Crippen molar-refractivity contribution in [1.82, 2.24) is 15.0 Å². The van der Waals surface area contributed by atoms with Crippen molar-refractivity contribution >= 4 is 11.5 Å². The van der Waals surface area contributed by atoms with Gasteiger partial charge in [-0.25, -0.2) is 0 Å². The molecule has 6 rings (SSSR count). The van der Waals surface area contributed by atoms with Crippen molar-refractivity contribution in [2.75, 3.05) is 18.2 Å². The Morgan fingerprint density at radius 1 is 0.718 bits per heavy atom. The van der Waals surface area contributed by atoms with Gasteiger partial charge in [-0.2, -0.15) is 5.10 Å². The molecule has 2 atom stereocenters. The number of hydrogen-bond donors (Lipinski definition) is 0. The number of fused-ring (bicyclic) bond motifs is 1. The Morgan fingerprint density at radius 2 is 1.18 bits per heavy atom. The molecule has 406 valence electrons. The number of hydrogen-bond acceptors (Lipinski definition) is 6. The molecule has 0 radical (unpaired) electrons. The third-order valence-electron chi connectivity index (χ3n) is 10.5. The van der Waals surface area contributed by atoms with Crippen LogP contribution in [0.25, 0.3) is 0 Å². The third-order valence-corrected chi connectivity index (χ3v) is 10.5. The van der Waals surface area contributed by atoms with E-state index in [0.717, 1.165) is 48.9 Å². The number of unbranched alkanes of at least 4 members (excludes halogenated alkanes) is 1. The summed E-state index contributed by atoms with van der Waals surface area (Å²) in [6.45, 7) is 59.7. The van der Waals surface area contributed by atoms with Gasteiger partial charge < -0.3 is 9.74 Å². The van der Waals surface area contributed by atoms with Gasteiger partial charge in [0.1, 0.15) is 6.67 Å². The highest BCUT2D eigenvalue weighted by Gasteiger charge is 2.57. The number of nitrogens with zero attached hydrogens (tertiary/aromatic N) is 5. The van der Waals surface area contributed by atoms with Gasteiger partial charge in [-0.1, -0.05) is 231 Å². The van der Waals surface area contributed by atoms with Crippen molar-refractivity contribution in [1.29, 1.82) is 0 Å². The van der Waals surface area contributed by atoms with Crippen LogP contribution in [0.3, 0.4) is 0 Å². The number of anilines is 1. The Balaban J connectivity index is -0.000000442. The lowest BCUT2D eigenvalue weighted by Crippen LogP contribution is -2.49. The van der Waals surface area contributed by atoms with Gasteiger partial charge in [-0.05, 0) is 119 Å². The Labute approximate surface area is 443 Å². The number of amidine groups is 1. The molecule has 3 aromatic rings. The van der Waals surface area contributed by atoms with Crippen molar-refractivity contribution in [3.63, 3.8) is 0 Å². The molecule has 0 N–H and O–H groups in total. The van der Waals surface area contributed by atoms with Crippen LogP contribution in [0.4, 0.5) is 5.69 Å². The molecule has 0 spiro atoms. The number of allylic oxidation sites excluding steroid dienone is 5. The molecule has 3 aliphatic rings. The van der Waals surface area contributed by atoms with Crippen LogP contribution < -0.4 is 9.74 Å². The van der Waals surface area contributed by atoms with Gasteiger partial charge in [0.2, 0.25) is 0 Å². The van der Waals surface area contributed by atoms with E-state index in [9.17, 15) is 0 Å². The lowest BCUT2D eigenvalue weighted by atomic mass is 10.1. The molecule has 0 bridgehead atoms. The maximum atomic E-state index is 6.31. The first-order valence-electron chi connectivity index (χ1n) is 28.1. The van der Waals surface area contributed by atoms with E-state index in [2.05, 4.69) is 233 Å². The van der Waals surface area contributed by atoms with E-state index >= 15 is 0 Å². The van der Waals surface area contributed by atoms with Crippen LogP contribution in [-0.2, 0) is 0 Å². The quantitative estimate of drug-likeness (QED) is 0.0782. The van der Waals surface area contributed by atoms with Crippen molar-refractivity contribution < 1.29 is 4.84 Å². The van der Waals surface area contributed by atoms with Gasteiger partial charge in [0.25, 0.3) is 0 Å². The topological polar surface area (TPSA) is 34.6 Å². The van der Waals surface area contributed by atoms with Crippen molar-refractivity contribution in [3.8, 4) is 5.75 Å². The zero-order valence-corrected chi connectivity index (χ0v) is 51.4. The van der Waals surface area contributed by atoms with Crippen LogP contribution in [0.5, 0.6) is 5.75 Å². The van der Waals surface area contributed by atoms with E-state index in [0.29, 0.717) is 24.0 Å². The van der Waals surface area contributed by atoms with E-state index in [1.165, 1.54) is 47.2 Å². The molecular formula is C65H115N5O. The van der Waals surface area contributed by atoms with E-state index < -0.39 is 0 Å². The average molecular weight is 983 g/mol.